The lowest BCUT2D eigenvalue weighted by Gasteiger charge is -2.42. The van der Waals surface area contributed by atoms with E-state index in [1.165, 1.54) is 6.33 Å². The molecule has 9 heteroatoms. The molecule has 2 aromatic rings. The summed E-state index contributed by atoms with van der Waals surface area (Å²) in [6.45, 7) is 13.5. The Kier molecular flexibility index (Phi) is 12.1. The first-order valence-corrected chi connectivity index (χ1v) is 12.8. The molecule has 0 bridgehead atoms. The van der Waals surface area contributed by atoms with E-state index in [-0.39, 0.29) is 6.61 Å². The van der Waals surface area contributed by atoms with Gasteiger partial charge in [-0.05, 0) is 43.9 Å². The van der Waals surface area contributed by atoms with Gasteiger partial charge < -0.3 is 30.2 Å². The summed E-state index contributed by atoms with van der Waals surface area (Å²) in [7, 11) is 0. The van der Waals surface area contributed by atoms with Crippen molar-refractivity contribution >= 4 is 11.3 Å². The Bertz CT molecular complexity index is 905. The number of nitrogen functional groups attached to an aromatic ring is 1. The second kappa shape index (κ2) is 14.5. The van der Waals surface area contributed by atoms with Crippen LogP contribution in [0.2, 0.25) is 0 Å². The van der Waals surface area contributed by atoms with Crippen molar-refractivity contribution in [3.05, 3.63) is 36.3 Å². The Morgan fingerprint density at radius 1 is 1.09 bits per heavy atom. The Hall–Kier alpha value is -2.04. The second-order valence-corrected chi connectivity index (χ2v) is 9.04. The summed E-state index contributed by atoms with van der Waals surface area (Å²) in [6.07, 6.45) is 3.82. The Balaban J connectivity index is 2.54. The molecule has 198 valence electrons. The highest BCUT2D eigenvalue weighted by Crippen LogP contribution is 2.38. The first kappa shape index (κ1) is 29.2. The molecule has 4 N–H and O–H groups in total. The van der Waals surface area contributed by atoms with Gasteiger partial charge in [-0.25, -0.2) is 9.50 Å². The van der Waals surface area contributed by atoms with Gasteiger partial charge in [-0.3, -0.25) is 0 Å². The Morgan fingerprint density at radius 3 is 2.34 bits per heavy atom. The number of unbranched alkanes of at least 4 members (excludes halogenated alkanes) is 3. The molecule has 0 saturated carbocycles. The molecule has 2 aromatic heterocycles. The Morgan fingerprint density at radius 2 is 1.71 bits per heavy atom. The minimum atomic E-state index is -1.73. The number of ether oxygens (including phenoxy) is 3. The summed E-state index contributed by atoms with van der Waals surface area (Å²) in [5.74, 6) is 0.291. The van der Waals surface area contributed by atoms with Gasteiger partial charge in [0.1, 0.15) is 30.2 Å². The summed E-state index contributed by atoms with van der Waals surface area (Å²) < 4.78 is 19.8. The van der Waals surface area contributed by atoms with Crippen LogP contribution in [0.4, 0.5) is 5.82 Å². The van der Waals surface area contributed by atoms with Gasteiger partial charge in [-0.2, -0.15) is 5.10 Å². The molecule has 0 aromatic carbocycles. The van der Waals surface area contributed by atoms with Crippen molar-refractivity contribution in [1.29, 1.82) is 0 Å². The van der Waals surface area contributed by atoms with E-state index < -0.39 is 23.9 Å². The molecular weight excluding hydrogens is 448 g/mol. The van der Waals surface area contributed by atoms with Crippen molar-refractivity contribution in [2.45, 2.75) is 90.1 Å². The van der Waals surface area contributed by atoms with Crippen molar-refractivity contribution in [2.24, 2.45) is 0 Å². The van der Waals surface area contributed by atoms with Crippen LogP contribution in [0.5, 0.6) is 0 Å². The van der Waals surface area contributed by atoms with Crippen molar-refractivity contribution in [3.8, 4) is 0 Å². The summed E-state index contributed by atoms with van der Waals surface area (Å²) >= 11 is 0. The number of aliphatic hydroxyl groups excluding tert-OH is 1. The fraction of sp³-hybridized carbons (Fsp3) is 0.692. The predicted octanol–water partition coefficient (Wildman–Crippen LogP) is 3.62. The quantitative estimate of drug-likeness (QED) is 0.213. The van der Waals surface area contributed by atoms with Crippen molar-refractivity contribution in [3.63, 3.8) is 0 Å². The molecule has 0 aliphatic rings. The monoisotopic (exact) mass is 492 g/mol. The molecule has 0 aliphatic carbocycles. The smallest absolute Gasteiger partial charge is 0.156 e. The maximum Gasteiger partial charge on any atom is 0.156 e. The van der Waals surface area contributed by atoms with E-state index in [1.807, 2.05) is 0 Å². The maximum absolute atomic E-state index is 12.3. The van der Waals surface area contributed by atoms with E-state index in [1.54, 1.807) is 23.6 Å². The number of aliphatic hydroxyl groups is 2. The molecule has 0 aliphatic heterocycles. The SMILES string of the molecule is C=C(C)C(O)(c1ccc2c(N)ncnn12)[C@H](OCCCC)[C@H](OCCCC)[C@@H](O)COCCCC. The minimum absolute atomic E-state index is 0.0702. The van der Waals surface area contributed by atoms with Crippen LogP contribution in [-0.2, 0) is 19.8 Å². The molecule has 4 atom stereocenters. The summed E-state index contributed by atoms with van der Waals surface area (Å²) in [5, 5.41) is 27.8. The number of anilines is 1. The zero-order valence-corrected chi connectivity index (χ0v) is 21.8. The molecule has 1 unspecified atom stereocenters. The molecule has 0 saturated heterocycles. The number of hydrogen-bond donors (Lipinski definition) is 3. The summed E-state index contributed by atoms with van der Waals surface area (Å²) in [6, 6.07) is 3.48. The summed E-state index contributed by atoms with van der Waals surface area (Å²) in [5.41, 5.74) is 5.71. The van der Waals surface area contributed by atoms with Gasteiger partial charge in [0.25, 0.3) is 0 Å². The van der Waals surface area contributed by atoms with Crippen molar-refractivity contribution < 1.29 is 24.4 Å². The van der Waals surface area contributed by atoms with Gasteiger partial charge in [0.2, 0.25) is 0 Å². The first-order chi connectivity index (χ1) is 16.8. The number of nitrogens with two attached hydrogens (primary N) is 1. The topological polar surface area (TPSA) is 124 Å². The fourth-order valence-corrected chi connectivity index (χ4v) is 3.97. The maximum atomic E-state index is 12.3. The van der Waals surface area contributed by atoms with Crippen LogP contribution in [0.3, 0.4) is 0 Å². The third-order valence-corrected chi connectivity index (χ3v) is 6.15. The highest BCUT2D eigenvalue weighted by Gasteiger charge is 2.49. The van der Waals surface area contributed by atoms with Gasteiger partial charge in [0, 0.05) is 19.8 Å². The van der Waals surface area contributed by atoms with E-state index >= 15 is 0 Å². The van der Waals surface area contributed by atoms with Gasteiger partial charge in [0.15, 0.2) is 11.4 Å². The third kappa shape index (κ3) is 7.24. The molecule has 0 fully saturated rings. The van der Waals surface area contributed by atoms with Crippen LogP contribution in [0.1, 0.15) is 71.9 Å². The molecule has 2 heterocycles. The number of rotatable bonds is 18. The van der Waals surface area contributed by atoms with E-state index in [0.29, 0.717) is 42.4 Å². The average molecular weight is 493 g/mol. The van der Waals surface area contributed by atoms with Gasteiger partial charge in [-0.1, -0.05) is 46.6 Å². The zero-order chi connectivity index (χ0) is 25.8. The van der Waals surface area contributed by atoms with Gasteiger partial charge in [0.05, 0.1) is 12.3 Å². The molecule has 0 amide bonds. The Labute approximate surface area is 209 Å². The van der Waals surface area contributed by atoms with Crippen LogP contribution < -0.4 is 5.73 Å². The molecule has 2 rings (SSSR count). The lowest BCUT2D eigenvalue weighted by molar-refractivity contribution is -0.194. The van der Waals surface area contributed by atoms with E-state index in [0.717, 1.165) is 38.5 Å². The van der Waals surface area contributed by atoms with Crippen LogP contribution in [-0.4, -0.2) is 69.6 Å². The molecule has 35 heavy (non-hydrogen) atoms. The first-order valence-electron chi connectivity index (χ1n) is 12.8. The third-order valence-electron chi connectivity index (χ3n) is 6.15. The van der Waals surface area contributed by atoms with Crippen LogP contribution in [0, 0.1) is 0 Å². The summed E-state index contributed by atoms with van der Waals surface area (Å²) in [4.78, 5) is 4.04. The minimum Gasteiger partial charge on any atom is -0.388 e. The van der Waals surface area contributed by atoms with Gasteiger partial charge >= 0.3 is 0 Å². The van der Waals surface area contributed by atoms with Gasteiger partial charge in [-0.15, -0.1) is 0 Å². The van der Waals surface area contributed by atoms with E-state index in [9.17, 15) is 10.2 Å². The van der Waals surface area contributed by atoms with Crippen LogP contribution in [0.15, 0.2) is 30.6 Å². The van der Waals surface area contributed by atoms with Crippen molar-refractivity contribution in [1.82, 2.24) is 14.6 Å². The standard InChI is InChI=1S/C26H44N4O5/c1-6-9-14-33-17-21(31)23(34-15-10-7-2)24(35-16-11-8-3)26(32,19(4)5)22-13-12-20-25(27)28-18-29-30(20)22/h12-13,18,21,23-24,31-32H,4,6-11,14-17H2,1-3,5H3,(H2,27,28,29)/t21-,23+,24+,26?/m0/s1. The highest BCUT2D eigenvalue weighted by molar-refractivity contribution is 5.66. The molecule has 9 nitrogen and oxygen atoms in total. The number of nitrogens with zero attached hydrogens (tertiary/aromatic N) is 3. The number of aromatic nitrogens is 3. The fourth-order valence-electron chi connectivity index (χ4n) is 3.97. The number of fused-ring (bicyclic) bond motifs is 1. The molecule has 0 radical (unpaired) electrons. The van der Waals surface area contributed by atoms with Crippen molar-refractivity contribution in [2.75, 3.05) is 32.2 Å². The highest BCUT2D eigenvalue weighted by atomic mass is 16.6. The van der Waals surface area contributed by atoms with E-state index in [2.05, 4.69) is 37.4 Å². The lowest BCUT2D eigenvalue weighted by Crippen LogP contribution is -2.55. The predicted molar refractivity (Wildman–Crippen MR) is 137 cm³/mol. The zero-order valence-electron chi connectivity index (χ0n) is 21.8. The largest absolute Gasteiger partial charge is 0.388 e. The van der Waals surface area contributed by atoms with Crippen LogP contribution in [0.25, 0.3) is 5.52 Å². The molecular formula is C26H44N4O5. The molecule has 0 spiro atoms. The number of hydrogen-bond acceptors (Lipinski definition) is 8. The van der Waals surface area contributed by atoms with Crippen LogP contribution >= 0.6 is 0 Å². The average Bonchev–Trinajstić information content (AvgIpc) is 3.28. The van der Waals surface area contributed by atoms with E-state index in [4.69, 9.17) is 19.9 Å². The second-order valence-electron chi connectivity index (χ2n) is 9.04. The normalized spacial score (nSPS) is 16.2. The lowest BCUT2D eigenvalue weighted by atomic mass is 9.82.